The summed E-state index contributed by atoms with van der Waals surface area (Å²) in [6, 6.07) is 10.2. The molecule has 1 heterocycles. The molecule has 0 N–H and O–H groups in total. The lowest BCUT2D eigenvalue weighted by Gasteiger charge is -2.36. The molecule has 2 aromatic carbocycles. The van der Waals surface area contributed by atoms with Gasteiger partial charge >= 0.3 is 6.09 Å². The molecular weight excluding hydrogens is 506 g/mol. The lowest BCUT2D eigenvalue weighted by molar-refractivity contribution is 0.0224. The number of ether oxygens (including phenoxy) is 2. The molecule has 1 aliphatic heterocycles. The summed E-state index contributed by atoms with van der Waals surface area (Å²) >= 11 is 0. The van der Waals surface area contributed by atoms with Gasteiger partial charge in [-0.3, -0.25) is 0 Å². The van der Waals surface area contributed by atoms with Crippen LogP contribution in [0.15, 0.2) is 46.2 Å². The molecule has 0 aromatic heterocycles. The third-order valence-corrected chi connectivity index (χ3v) is 13.3. The number of nitrogens with zero attached hydrogens (tertiary/aromatic N) is 1. The molecule has 0 atom stereocenters. The van der Waals surface area contributed by atoms with E-state index in [1.54, 1.807) is 41.3 Å². The van der Waals surface area contributed by atoms with Crippen LogP contribution in [0.25, 0.3) is 0 Å². The van der Waals surface area contributed by atoms with Crippen LogP contribution in [0, 0.1) is 0 Å². The average Bonchev–Trinajstić information content (AvgIpc) is 2.80. The molecule has 2 aromatic rings. The fourth-order valence-electron chi connectivity index (χ4n) is 3.79. The van der Waals surface area contributed by atoms with Crippen molar-refractivity contribution in [1.82, 2.24) is 4.90 Å². The van der Waals surface area contributed by atoms with E-state index in [4.69, 9.17) is 13.9 Å². The largest absolute Gasteiger partial charge is 0.495 e. The molecule has 9 heteroatoms. The number of carbonyl (C=O) groups excluding carboxylic acids is 1. The van der Waals surface area contributed by atoms with Crippen molar-refractivity contribution in [3.63, 3.8) is 0 Å². The molecule has 0 radical (unpaired) electrons. The molecule has 0 bridgehead atoms. The normalized spacial score (nSPS) is 14.8. The Bertz CT molecular complexity index is 1240. The summed E-state index contributed by atoms with van der Waals surface area (Å²) in [6.07, 6.45) is 0.183. The lowest BCUT2D eigenvalue weighted by atomic mass is 9.99. The highest BCUT2D eigenvalue weighted by molar-refractivity contribution is 7.91. The van der Waals surface area contributed by atoms with Gasteiger partial charge in [0, 0.05) is 13.1 Å². The Morgan fingerprint density at radius 3 is 2.16 bits per heavy atom. The Hall–Kier alpha value is -2.36. The quantitative estimate of drug-likeness (QED) is 0.392. The highest BCUT2D eigenvalue weighted by Gasteiger charge is 2.37. The summed E-state index contributed by atoms with van der Waals surface area (Å²) in [4.78, 5) is 14.5. The third-order valence-electron chi connectivity index (χ3n) is 7.08. The molecule has 0 aliphatic carbocycles. The van der Waals surface area contributed by atoms with Crippen molar-refractivity contribution in [2.75, 3.05) is 13.7 Å². The van der Waals surface area contributed by atoms with Crippen molar-refractivity contribution in [1.29, 1.82) is 0 Å². The number of carbonyl (C=O) groups is 1. The van der Waals surface area contributed by atoms with Gasteiger partial charge in [0.15, 0.2) is 8.32 Å². The number of hydrogen-bond acceptors (Lipinski definition) is 6. The highest BCUT2D eigenvalue weighted by Crippen LogP contribution is 2.38. The zero-order chi connectivity index (χ0) is 27.8. The van der Waals surface area contributed by atoms with Crippen molar-refractivity contribution in [3.8, 4) is 5.75 Å². The van der Waals surface area contributed by atoms with Crippen molar-refractivity contribution in [2.45, 2.75) is 94.6 Å². The predicted molar refractivity (Wildman–Crippen MR) is 147 cm³/mol. The number of amides is 1. The maximum absolute atomic E-state index is 13.7. The van der Waals surface area contributed by atoms with Crippen molar-refractivity contribution in [3.05, 3.63) is 53.1 Å². The first-order chi connectivity index (χ1) is 16.9. The average molecular weight is 548 g/mol. The van der Waals surface area contributed by atoms with E-state index in [2.05, 4.69) is 33.9 Å². The van der Waals surface area contributed by atoms with E-state index in [1.165, 1.54) is 7.11 Å². The van der Waals surface area contributed by atoms with Gasteiger partial charge < -0.3 is 18.8 Å². The number of fused-ring (bicyclic) bond motifs is 1. The maximum atomic E-state index is 13.7. The first-order valence-corrected chi connectivity index (χ1v) is 17.0. The maximum Gasteiger partial charge on any atom is 0.410 e. The van der Waals surface area contributed by atoms with Crippen LogP contribution in [0.2, 0.25) is 18.1 Å². The summed E-state index contributed by atoms with van der Waals surface area (Å²) in [5.74, 6) is 0.301. The molecule has 1 amide bonds. The van der Waals surface area contributed by atoms with E-state index in [0.29, 0.717) is 25.3 Å². The van der Waals surface area contributed by atoms with Gasteiger partial charge in [-0.2, -0.15) is 0 Å². The van der Waals surface area contributed by atoms with E-state index in [9.17, 15) is 13.2 Å². The summed E-state index contributed by atoms with van der Waals surface area (Å²) in [6.45, 7) is 17.6. The molecular formula is C28H41NO6SSi. The molecule has 7 nitrogen and oxygen atoms in total. The van der Waals surface area contributed by atoms with Crippen LogP contribution in [0.4, 0.5) is 4.79 Å². The summed E-state index contributed by atoms with van der Waals surface area (Å²) in [5, 5.41) is 0.0956. The van der Waals surface area contributed by atoms with Gasteiger partial charge in [0.2, 0.25) is 9.84 Å². The molecule has 0 spiro atoms. The minimum Gasteiger partial charge on any atom is -0.495 e. The van der Waals surface area contributed by atoms with Crippen molar-refractivity contribution < 1.29 is 27.1 Å². The van der Waals surface area contributed by atoms with Crippen molar-refractivity contribution >= 4 is 24.2 Å². The van der Waals surface area contributed by atoms with Crippen LogP contribution in [0.1, 0.15) is 58.2 Å². The first kappa shape index (κ1) is 29.2. The van der Waals surface area contributed by atoms with Gasteiger partial charge in [0.25, 0.3) is 0 Å². The van der Waals surface area contributed by atoms with Gasteiger partial charge in [0.1, 0.15) is 16.2 Å². The molecule has 3 rings (SSSR count). The van der Waals surface area contributed by atoms with E-state index in [0.717, 1.165) is 16.7 Å². The Kier molecular flexibility index (Phi) is 8.22. The lowest BCUT2D eigenvalue weighted by Crippen LogP contribution is -2.40. The second kappa shape index (κ2) is 10.4. The molecule has 37 heavy (non-hydrogen) atoms. The zero-order valence-electron chi connectivity index (χ0n) is 23.6. The molecule has 0 unspecified atom stereocenters. The molecule has 0 fully saturated rings. The monoisotopic (exact) mass is 547 g/mol. The third kappa shape index (κ3) is 6.75. The molecule has 204 valence electrons. The van der Waals surface area contributed by atoms with Crippen LogP contribution < -0.4 is 4.74 Å². The number of rotatable bonds is 6. The Labute approximate surface area is 223 Å². The number of hydrogen-bond donors (Lipinski definition) is 0. The minimum atomic E-state index is -3.86. The van der Waals surface area contributed by atoms with Crippen LogP contribution in [0.3, 0.4) is 0 Å². The van der Waals surface area contributed by atoms with Gasteiger partial charge in [-0.15, -0.1) is 0 Å². The van der Waals surface area contributed by atoms with Crippen LogP contribution in [-0.2, 0) is 38.6 Å². The molecule has 1 aliphatic rings. The van der Waals surface area contributed by atoms with E-state index in [-0.39, 0.29) is 21.4 Å². The van der Waals surface area contributed by atoms with Crippen LogP contribution in [0.5, 0.6) is 5.75 Å². The van der Waals surface area contributed by atoms with Crippen molar-refractivity contribution in [2.24, 2.45) is 0 Å². The zero-order valence-corrected chi connectivity index (χ0v) is 25.4. The highest BCUT2D eigenvalue weighted by atomic mass is 32.2. The second-order valence-electron chi connectivity index (χ2n) is 12.1. The Morgan fingerprint density at radius 1 is 1.00 bits per heavy atom. The summed E-state index contributed by atoms with van der Waals surface area (Å²) in [7, 11) is -4.30. The van der Waals surface area contributed by atoms with Gasteiger partial charge in [0.05, 0.1) is 18.6 Å². The van der Waals surface area contributed by atoms with Gasteiger partial charge in [-0.05, 0) is 86.3 Å². The number of benzene rings is 2. The minimum absolute atomic E-state index is 0.0880. The fraction of sp³-hybridized carbons (Fsp3) is 0.536. The Balaban J connectivity index is 1.86. The fourth-order valence-corrected chi connectivity index (χ4v) is 6.20. The van der Waals surface area contributed by atoms with E-state index < -0.39 is 29.8 Å². The smallest absolute Gasteiger partial charge is 0.410 e. The van der Waals surface area contributed by atoms with Crippen LogP contribution >= 0.6 is 0 Å². The van der Waals surface area contributed by atoms with E-state index >= 15 is 0 Å². The first-order valence-electron chi connectivity index (χ1n) is 12.6. The number of sulfone groups is 1. The standard InChI is InChI=1S/C28H41NO6SSi/c1-27(2,3)35-26(30)29-15-14-21-16-24(33-7)25(17-22(21)18-29)36(31,32)23-12-10-20(11-13-23)19-34-37(8,9)28(4,5)6/h10-13,16-17H,14-15,18-19H2,1-9H3. The SMILES string of the molecule is COc1cc2c(cc1S(=O)(=O)c1ccc(CO[Si](C)(C)C(C)(C)C)cc1)CN(C(=O)OC(C)(C)C)CC2. The summed E-state index contributed by atoms with van der Waals surface area (Å²) in [5.41, 5.74) is 2.06. The second-order valence-corrected chi connectivity index (χ2v) is 18.8. The van der Waals surface area contributed by atoms with E-state index in [1.807, 2.05) is 20.8 Å². The predicted octanol–water partition coefficient (Wildman–Crippen LogP) is 6.34. The number of methoxy groups -OCH3 is 1. The van der Waals surface area contributed by atoms with Gasteiger partial charge in [-0.25, -0.2) is 13.2 Å². The summed E-state index contributed by atoms with van der Waals surface area (Å²) < 4.78 is 44.6. The topological polar surface area (TPSA) is 82.1 Å². The Morgan fingerprint density at radius 2 is 1.62 bits per heavy atom. The molecule has 0 saturated carbocycles. The van der Waals surface area contributed by atoms with Crippen LogP contribution in [-0.4, -0.2) is 47.0 Å². The molecule has 0 saturated heterocycles. The van der Waals surface area contributed by atoms with Gasteiger partial charge in [-0.1, -0.05) is 32.9 Å².